The summed E-state index contributed by atoms with van der Waals surface area (Å²) in [6.45, 7) is 2.01. The van der Waals surface area contributed by atoms with Crippen LogP contribution in [0.2, 0.25) is 0 Å². The Labute approximate surface area is 99.3 Å². The molecule has 0 aliphatic heterocycles. The third-order valence-electron chi connectivity index (χ3n) is 2.73. The molecule has 1 N–H and O–H groups in total. The molecule has 1 unspecified atom stereocenters. The van der Waals surface area contributed by atoms with Gasteiger partial charge in [-0.05, 0) is 25.1 Å². The third kappa shape index (κ3) is 3.70. The van der Waals surface area contributed by atoms with Gasteiger partial charge in [-0.1, -0.05) is 19.8 Å². The Balaban J connectivity index is 3.02. The molecule has 5 heteroatoms. The molecule has 1 aromatic rings. The van der Waals surface area contributed by atoms with E-state index in [2.05, 4.69) is 10.3 Å². The number of nitrogens with one attached hydrogen (secondary N) is 1. The summed E-state index contributed by atoms with van der Waals surface area (Å²) >= 11 is 0. The molecular formula is C12H17F3N2. The SMILES string of the molecule is CCCCC(NC)c1cnccc1C(F)(F)F. The van der Waals surface area contributed by atoms with Gasteiger partial charge < -0.3 is 5.32 Å². The van der Waals surface area contributed by atoms with Crippen LogP contribution in [0.5, 0.6) is 0 Å². The minimum Gasteiger partial charge on any atom is -0.313 e. The van der Waals surface area contributed by atoms with Crippen molar-refractivity contribution < 1.29 is 13.2 Å². The molecule has 96 valence electrons. The summed E-state index contributed by atoms with van der Waals surface area (Å²) in [5, 5.41) is 2.93. The van der Waals surface area contributed by atoms with E-state index in [1.165, 1.54) is 12.4 Å². The quantitative estimate of drug-likeness (QED) is 0.859. The molecule has 1 heterocycles. The highest BCUT2D eigenvalue weighted by Gasteiger charge is 2.34. The summed E-state index contributed by atoms with van der Waals surface area (Å²) < 4.78 is 38.4. The van der Waals surface area contributed by atoms with E-state index < -0.39 is 11.7 Å². The summed E-state index contributed by atoms with van der Waals surface area (Å²) in [6.07, 6.45) is 0.692. The van der Waals surface area contributed by atoms with Crippen molar-refractivity contribution in [3.8, 4) is 0 Å². The zero-order valence-corrected chi connectivity index (χ0v) is 10.0. The Bertz CT molecular complexity index is 350. The molecule has 0 saturated carbocycles. The van der Waals surface area contributed by atoms with Crippen molar-refractivity contribution in [1.29, 1.82) is 0 Å². The van der Waals surface area contributed by atoms with Gasteiger partial charge in [-0.25, -0.2) is 0 Å². The van der Waals surface area contributed by atoms with E-state index in [9.17, 15) is 13.2 Å². The van der Waals surface area contributed by atoms with Gasteiger partial charge >= 0.3 is 6.18 Å². The molecule has 0 aliphatic rings. The lowest BCUT2D eigenvalue weighted by Crippen LogP contribution is -2.21. The largest absolute Gasteiger partial charge is 0.416 e. The zero-order chi connectivity index (χ0) is 12.9. The predicted octanol–water partition coefficient (Wildman–Crippen LogP) is 3.55. The summed E-state index contributed by atoms with van der Waals surface area (Å²) in [4.78, 5) is 3.80. The maximum Gasteiger partial charge on any atom is 0.416 e. The van der Waals surface area contributed by atoms with Crippen LogP contribution in [0.1, 0.15) is 43.4 Å². The number of alkyl halides is 3. The van der Waals surface area contributed by atoms with E-state index in [0.29, 0.717) is 6.42 Å². The number of halogens is 3. The van der Waals surface area contributed by atoms with Crippen molar-refractivity contribution in [2.24, 2.45) is 0 Å². The fraction of sp³-hybridized carbons (Fsp3) is 0.583. The van der Waals surface area contributed by atoms with E-state index >= 15 is 0 Å². The fourth-order valence-electron chi connectivity index (χ4n) is 1.81. The van der Waals surface area contributed by atoms with Crippen molar-refractivity contribution in [2.45, 2.75) is 38.4 Å². The van der Waals surface area contributed by atoms with E-state index in [4.69, 9.17) is 0 Å². The molecule has 0 aliphatic carbocycles. The topological polar surface area (TPSA) is 24.9 Å². The molecule has 1 atom stereocenters. The summed E-state index contributed by atoms with van der Waals surface area (Å²) in [5.41, 5.74) is -0.362. The molecule has 0 fully saturated rings. The van der Waals surface area contributed by atoms with Crippen LogP contribution in [0, 0.1) is 0 Å². The number of aromatic nitrogens is 1. The molecule has 0 saturated heterocycles. The monoisotopic (exact) mass is 246 g/mol. The van der Waals surface area contributed by atoms with Crippen LogP contribution in [-0.4, -0.2) is 12.0 Å². The van der Waals surface area contributed by atoms with E-state index in [1.54, 1.807) is 7.05 Å². The van der Waals surface area contributed by atoms with Crippen molar-refractivity contribution in [1.82, 2.24) is 10.3 Å². The van der Waals surface area contributed by atoms with Crippen molar-refractivity contribution in [2.75, 3.05) is 7.05 Å². The lowest BCUT2D eigenvalue weighted by Gasteiger charge is -2.20. The maximum absolute atomic E-state index is 12.8. The lowest BCUT2D eigenvalue weighted by molar-refractivity contribution is -0.138. The van der Waals surface area contributed by atoms with Gasteiger partial charge in [-0.3, -0.25) is 4.98 Å². The number of hydrogen-bond acceptors (Lipinski definition) is 2. The average molecular weight is 246 g/mol. The van der Waals surface area contributed by atoms with Crippen LogP contribution in [0.4, 0.5) is 13.2 Å². The number of nitrogens with zero attached hydrogens (tertiary/aromatic N) is 1. The molecule has 2 nitrogen and oxygen atoms in total. The second-order valence-electron chi connectivity index (χ2n) is 3.94. The second kappa shape index (κ2) is 6.00. The summed E-state index contributed by atoms with van der Waals surface area (Å²) in [7, 11) is 1.67. The molecule has 0 aromatic carbocycles. The molecule has 1 rings (SSSR count). The first-order valence-electron chi connectivity index (χ1n) is 5.69. The Kier molecular flexibility index (Phi) is 4.93. The van der Waals surface area contributed by atoms with Gasteiger partial charge in [0.25, 0.3) is 0 Å². The second-order valence-corrected chi connectivity index (χ2v) is 3.94. The summed E-state index contributed by atoms with van der Waals surface area (Å²) in [5.74, 6) is 0. The maximum atomic E-state index is 12.8. The highest BCUT2D eigenvalue weighted by molar-refractivity contribution is 5.29. The average Bonchev–Trinajstić information content (AvgIpc) is 2.29. The van der Waals surface area contributed by atoms with Crippen molar-refractivity contribution >= 4 is 0 Å². The van der Waals surface area contributed by atoms with Crippen LogP contribution in [0.15, 0.2) is 18.5 Å². The Morgan fingerprint density at radius 2 is 2.12 bits per heavy atom. The van der Waals surface area contributed by atoms with Crippen LogP contribution in [0.25, 0.3) is 0 Å². The molecule has 1 aromatic heterocycles. The van der Waals surface area contributed by atoms with Crippen molar-refractivity contribution in [3.05, 3.63) is 29.6 Å². The van der Waals surface area contributed by atoms with Crippen molar-refractivity contribution in [3.63, 3.8) is 0 Å². The van der Waals surface area contributed by atoms with Crippen LogP contribution in [0.3, 0.4) is 0 Å². The first kappa shape index (κ1) is 14.0. The minimum absolute atomic E-state index is 0.232. The third-order valence-corrected chi connectivity index (χ3v) is 2.73. The van der Waals surface area contributed by atoms with Gasteiger partial charge in [0.1, 0.15) is 0 Å². The molecule has 0 bridgehead atoms. The Hall–Kier alpha value is -1.10. The number of hydrogen-bond donors (Lipinski definition) is 1. The first-order valence-corrected chi connectivity index (χ1v) is 5.69. The van der Waals surface area contributed by atoms with Gasteiger partial charge in [0, 0.05) is 18.4 Å². The standard InChI is InChI=1S/C12H17F3N2/c1-3-4-5-11(16-2)9-8-17-7-6-10(9)12(13,14)15/h6-8,11,16H,3-5H2,1-2H3. The van der Waals surface area contributed by atoms with Gasteiger partial charge in [-0.2, -0.15) is 13.2 Å². The van der Waals surface area contributed by atoms with E-state index in [1.807, 2.05) is 6.92 Å². The lowest BCUT2D eigenvalue weighted by atomic mass is 9.98. The van der Waals surface area contributed by atoms with Gasteiger partial charge in [0.15, 0.2) is 0 Å². The highest BCUT2D eigenvalue weighted by atomic mass is 19.4. The Morgan fingerprint density at radius 1 is 1.41 bits per heavy atom. The number of pyridine rings is 1. The normalized spacial score (nSPS) is 13.7. The van der Waals surface area contributed by atoms with E-state index in [0.717, 1.165) is 18.9 Å². The number of unbranched alkanes of at least 4 members (excludes halogenated alkanes) is 1. The fourth-order valence-corrected chi connectivity index (χ4v) is 1.81. The van der Waals surface area contributed by atoms with Gasteiger partial charge in [-0.15, -0.1) is 0 Å². The predicted molar refractivity (Wildman–Crippen MR) is 60.6 cm³/mol. The molecule has 17 heavy (non-hydrogen) atoms. The molecular weight excluding hydrogens is 229 g/mol. The minimum atomic E-state index is -4.32. The summed E-state index contributed by atoms with van der Waals surface area (Å²) in [6, 6.07) is 0.742. The first-order chi connectivity index (χ1) is 8.00. The molecule has 0 spiro atoms. The van der Waals surface area contributed by atoms with Crippen LogP contribution >= 0.6 is 0 Å². The van der Waals surface area contributed by atoms with Crippen LogP contribution in [-0.2, 0) is 6.18 Å². The highest BCUT2D eigenvalue weighted by Crippen LogP contribution is 2.35. The van der Waals surface area contributed by atoms with Gasteiger partial charge in [0.2, 0.25) is 0 Å². The van der Waals surface area contributed by atoms with E-state index in [-0.39, 0.29) is 11.6 Å². The Morgan fingerprint density at radius 3 is 2.65 bits per heavy atom. The molecule has 0 radical (unpaired) electrons. The van der Waals surface area contributed by atoms with Gasteiger partial charge in [0.05, 0.1) is 5.56 Å². The smallest absolute Gasteiger partial charge is 0.313 e. The molecule has 0 amide bonds. The van der Waals surface area contributed by atoms with Crippen LogP contribution < -0.4 is 5.32 Å². The number of rotatable bonds is 5. The zero-order valence-electron chi connectivity index (χ0n) is 10.0.